The second-order valence-corrected chi connectivity index (χ2v) is 7.00. The molecule has 0 aromatic heterocycles. The summed E-state index contributed by atoms with van der Waals surface area (Å²) in [6.45, 7) is 1.65. The van der Waals surface area contributed by atoms with Gasteiger partial charge in [0.25, 0.3) is 0 Å². The number of carboxylic acid groups (broad SMARTS) is 1. The van der Waals surface area contributed by atoms with Crippen LogP contribution in [0.3, 0.4) is 0 Å². The van der Waals surface area contributed by atoms with Crippen molar-refractivity contribution in [3.8, 4) is 11.5 Å². The molecule has 3 aromatic rings. The average Bonchev–Trinajstić information content (AvgIpc) is 2.70. The van der Waals surface area contributed by atoms with Gasteiger partial charge in [-0.05, 0) is 43.4 Å². The third-order valence-electron chi connectivity index (χ3n) is 4.26. The van der Waals surface area contributed by atoms with Crippen LogP contribution in [0, 0.1) is 0 Å². The van der Waals surface area contributed by atoms with Crippen molar-refractivity contribution in [1.82, 2.24) is 4.90 Å². The van der Waals surface area contributed by atoms with E-state index in [9.17, 15) is 4.79 Å². The molecule has 0 radical (unpaired) electrons. The SMILES string of the molecule is CN(C)CCOc1ccccc1Cc1ccccc1.Nc1ccc(C(=O)O)c(O)c1. The van der Waals surface area contributed by atoms with Crippen LogP contribution < -0.4 is 10.5 Å². The van der Waals surface area contributed by atoms with Gasteiger partial charge < -0.3 is 25.6 Å². The molecule has 0 aliphatic heterocycles. The van der Waals surface area contributed by atoms with Gasteiger partial charge in [0.05, 0.1) is 0 Å². The smallest absolute Gasteiger partial charge is 0.339 e. The number of carbonyl (C=O) groups is 1. The average molecular weight is 408 g/mol. The monoisotopic (exact) mass is 408 g/mol. The lowest BCUT2D eigenvalue weighted by atomic mass is 10.0. The van der Waals surface area contributed by atoms with E-state index >= 15 is 0 Å². The van der Waals surface area contributed by atoms with Crippen LogP contribution in [0.5, 0.6) is 11.5 Å². The zero-order chi connectivity index (χ0) is 21.9. The lowest BCUT2D eigenvalue weighted by molar-refractivity contribution is 0.0694. The number of nitrogens with zero attached hydrogens (tertiary/aromatic N) is 1. The molecule has 6 heteroatoms. The summed E-state index contributed by atoms with van der Waals surface area (Å²) in [5, 5.41) is 17.5. The molecular weight excluding hydrogens is 380 g/mol. The summed E-state index contributed by atoms with van der Waals surface area (Å²) in [7, 11) is 4.11. The van der Waals surface area contributed by atoms with Crippen LogP contribution in [-0.4, -0.2) is 48.3 Å². The van der Waals surface area contributed by atoms with E-state index in [2.05, 4.69) is 55.4 Å². The summed E-state index contributed by atoms with van der Waals surface area (Å²) in [4.78, 5) is 12.5. The summed E-state index contributed by atoms with van der Waals surface area (Å²) in [5.74, 6) is -0.479. The maximum atomic E-state index is 10.3. The molecule has 0 atom stereocenters. The fraction of sp³-hybridized carbons (Fsp3) is 0.208. The molecule has 0 spiro atoms. The Labute approximate surface area is 177 Å². The topological polar surface area (TPSA) is 96.0 Å². The highest BCUT2D eigenvalue weighted by atomic mass is 16.5. The molecule has 0 aliphatic rings. The minimum Gasteiger partial charge on any atom is -0.507 e. The van der Waals surface area contributed by atoms with Crippen molar-refractivity contribution in [2.75, 3.05) is 33.0 Å². The molecule has 0 bridgehead atoms. The molecule has 0 amide bonds. The molecule has 3 aromatic carbocycles. The van der Waals surface area contributed by atoms with Crippen molar-refractivity contribution >= 4 is 11.7 Å². The highest BCUT2D eigenvalue weighted by Crippen LogP contribution is 2.21. The van der Waals surface area contributed by atoms with Crippen molar-refractivity contribution in [3.05, 3.63) is 89.5 Å². The van der Waals surface area contributed by atoms with E-state index in [1.807, 2.05) is 18.2 Å². The van der Waals surface area contributed by atoms with Crippen LogP contribution in [-0.2, 0) is 6.42 Å². The van der Waals surface area contributed by atoms with E-state index in [0.29, 0.717) is 5.69 Å². The van der Waals surface area contributed by atoms with Gasteiger partial charge in [0.15, 0.2) is 0 Å². The highest BCUT2D eigenvalue weighted by Gasteiger charge is 2.08. The number of hydrogen-bond acceptors (Lipinski definition) is 5. The van der Waals surface area contributed by atoms with Gasteiger partial charge in [-0.2, -0.15) is 0 Å². The molecule has 0 fully saturated rings. The van der Waals surface area contributed by atoms with Crippen LogP contribution >= 0.6 is 0 Å². The van der Waals surface area contributed by atoms with Crippen LogP contribution in [0.1, 0.15) is 21.5 Å². The Hall–Kier alpha value is -3.51. The van der Waals surface area contributed by atoms with Crippen LogP contribution in [0.4, 0.5) is 5.69 Å². The van der Waals surface area contributed by atoms with Crippen molar-refractivity contribution in [3.63, 3.8) is 0 Å². The van der Waals surface area contributed by atoms with E-state index in [1.54, 1.807) is 0 Å². The Bertz CT molecular complexity index is 943. The van der Waals surface area contributed by atoms with Gasteiger partial charge in [0.1, 0.15) is 23.7 Å². The number of para-hydroxylation sites is 1. The van der Waals surface area contributed by atoms with E-state index in [-0.39, 0.29) is 11.3 Å². The van der Waals surface area contributed by atoms with Crippen LogP contribution in [0.15, 0.2) is 72.8 Å². The fourth-order valence-corrected chi connectivity index (χ4v) is 2.67. The third-order valence-corrected chi connectivity index (χ3v) is 4.26. The number of aromatic carboxylic acids is 1. The number of ether oxygens (including phenoxy) is 1. The first-order chi connectivity index (χ1) is 14.4. The number of anilines is 1. The van der Waals surface area contributed by atoms with Crippen molar-refractivity contribution in [2.45, 2.75) is 6.42 Å². The first-order valence-corrected chi connectivity index (χ1v) is 9.58. The maximum absolute atomic E-state index is 10.3. The van der Waals surface area contributed by atoms with Gasteiger partial charge in [-0.1, -0.05) is 48.5 Å². The molecule has 0 unspecified atom stereocenters. The Morgan fingerprint density at radius 1 is 1.00 bits per heavy atom. The number of phenols is 1. The second kappa shape index (κ2) is 11.5. The first kappa shape index (κ1) is 22.8. The minimum absolute atomic E-state index is 0.140. The normalized spacial score (nSPS) is 10.2. The molecule has 4 N–H and O–H groups in total. The van der Waals surface area contributed by atoms with Gasteiger partial charge in [0, 0.05) is 24.7 Å². The predicted octanol–water partition coefficient (Wildman–Crippen LogP) is 3.89. The molecule has 0 saturated carbocycles. The molecule has 0 heterocycles. The summed E-state index contributed by atoms with van der Waals surface area (Å²) in [6, 6.07) is 22.6. The van der Waals surface area contributed by atoms with E-state index in [1.165, 1.54) is 29.3 Å². The summed E-state index contributed by atoms with van der Waals surface area (Å²) >= 11 is 0. The van der Waals surface area contributed by atoms with Gasteiger partial charge in [-0.3, -0.25) is 0 Å². The van der Waals surface area contributed by atoms with Gasteiger partial charge in [-0.25, -0.2) is 4.79 Å². The molecule has 6 nitrogen and oxygen atoms in total. The zero-order valence-electron chi connectivity index (χ0n) is 17.3. The predicted molar refractivity (Wildman–Crippen MR) is 119 cm³/mol. The quantitative estimate of drug-likeness (QED) is 0.513. The lowest BCUT2D eigenvalue weighted by Gasteiger charge is -2.14. The van der Waals surface area contributed by atoms with Gasteiger partial charge >= 0.3 is 5.97 Å². The Balaban J connectivity index is 0.000000248. The number of rotatable bonds is 7. The minimum atomic E-state index is -1.16. The van der Waals surface area contributed by atoms with Gasteiger partial charge in [0.2, 0.25) is 0 Å². The van der Waals surface area contributed by atoms with Crippen molar-refractivity contribution in [2.24, 2.45) is 0 Å². The van der Waals surface area contributed by atoms with E-state index < -0.39 is 5.97 Å². The number of nitrogen functional groups attached to an aromatic ring is 1. The number of benzene rings is 3. The third kappa shape index (κ3) is 7.48. The summed E-state index contributed by atoms with van der Waals surface area (Å²) < 4.78 is 5.88. The maximum Gasteiger partial charge on any atom is 0.339 e. The number of nitrogens with two attached hydrogens (primary N) is 1. The molecular formula is C24H28N2O4. The Morgan fingerprint density at radius 2 is 1.67 bits per heavy atom. The molecule has 0 saturated heterocycles. The fourth-order valence-electron chi connectivity index (χ4n) is 2.67. The highest BCUT2D eigenvalue weighted by molar-refractivity contribution is 5.91. The molecule has 158 valence electrons. The second-order valence-electron chi connectivity index (χ2n) is 7.00. The van der Waals surface area contributed by atoms with Gasteiger partial charge in [-0.15, -0.1) is 0 Å². The summed E-state index contributed by atoms with van der Waals surface area (Å²) in [5.41, 5.74) is 8.03. The number of aromatic hydroxyl groups is 1. The largest absolute Gasteiger partial charge is 0.507 e. The number of likely N-dealkylation sites (N-methyl/N-ethyl adjacent to an activating group) is 1. The van der Waals surface area contributed by atoms with E-state index in [0.717, 1.165) is 25.3 Å². The molecule has 30 heavy (non-hydrogen) atoms. The van der Waals surface area contributed by atoms with Crippen molar-refractivity contribution < 1.29 is 19.7 Å². The zero-order valence-corrected chi connectivity index (χ0v) is 17.3. The van der Waals surface area contributed by atoms with E-state index in [4.69, 9.17) is 20.7 Å². The Kier molecular flexibility index (Phi) is 8.72. The van der Waals surface area contributed by atoms with Crippen molar-refractivity contribution in [1.29, 1.82) is 0 Å². The Morgan fingerprint density at radius 3 is 2.30 bits per heavy atom. The molecule has 3 rings (SSSR count). The number of carboxylic acids is 1. The standard InChI is InChI=1S/C17H21NO.C7H7NO3/c1-18(2)12-13-19-17-11-7-6-10-16(17)14-15-8-4-3-5-9-15;8-4-1-2-5(7(10)11)6(9)3-4/h3-11H,12-14H2,1-2H3;1-3,9H,8H2,(H,10,11). The first-order valence-electron chi connectivity index (χ1n) is 9.58. The van der Waals surface area contributed by atoms with Crippen LogP contribution in [0.25, 0.3) is 0 Å². The molecule has 0 aliphatic carbocycles. The number of hydrogen-bond donors (Lipinski definition) is 3. The van der Waals surface area contributed by atoms with Crippen LogP contribution in [0.2, 0.25) is 0 Å². The lowest BCUT2D eigenvalue weighted by Crippen LogP contribution is -2.19. The summed E-state index contributed by atoms with van der Waals surface area (Å²) in [6.07, 6.45) is 0.916.